The standard InChI is InChI=1S/C17H26/c1-7-13-8-9-14-15(10-13)17(5,6)12(2)11-16(14,3)4/h8-10,12H,7,11H2,1-6H3. The molecule has 1 unspecified atom stereocenters. The average molecular weight is 230 g/mol. The third-order valence-electron chi connectivity index (χ3n) is 4.96. The third-order valence-corrected chi connectivity index (χ3v) is 4.96. The minimum Gasteiger partial charge on any atom is -0.0616 e. The lowest BCUT2D eigenvalue weighted by Crippen LogP contribution is -2.40. The van der Waals surface area contributed by atoms with Crippen molar-refractivity contribution in [2.75, 3.05) is 0 Å². The van der Waals surface area contributed by atoms with Gasteiger partial charge in [-0.1, -0.05) is 59.7 Å². The van der Waals surface area contributed by atoms with Crippen LogP contribution in [0.25, 0.3) is 0 Å². The Hall–Kier alpha value is -0.780. The highest BCUT2D eigenvalue weighted by Gasteiger charge is 2.41. The van der Waals surface area contributed by atoms with E-state index in [1.165, 1.54) is 12.0 Å². The van der Waals surface area contributed by atoms with Crippen molar-refractivity contribution in [3.63, 3.8) is 0 Å². The van der Waals surface area contributed by atoms with Gasteiger partial charge >= 0.3 is 0 Å². The van der Waals surface area contributed by atoms with E-state index in [2.05, 4.69) is 59.7 Å². The number of aryl methyl sites for hydroxylation is 1. The molecule has 1 aromatic carbocycles. The molecule has 0 radical (unpaired) electrons. The molecule has 1 aliphatic rings. The quantitative estimate of drug-likeness (QED) is 0.647. The number of fused-ring (bicyclic) bond motifs is 1. The second-order valence-corrected chi connectivity index (χ2v) is 6.94. The fourth-order valence-corrected chi connectivity index (χ4v) is 3.33. The monoisotopic (exact) mass is 230 g/mol. The van der Waals surface area contributed by atoms with Crippen LogP contribution >= 0.6 is 0 Å². The van der Waals surface area contributed by atoms with Crippen LogP contribution in [0.15, 0.2) is 18.2 Å². The fourth-order valence-electron chi connectivity index (χ4n) is 3.33. The van der Waals surface area contributed by atoms with Gasteiger partial charge in [-0.2, -0.15) is 0 Å². The molecule has 2 rings (SSSR count). The summed E-state index contributed by atoms with van der Waals surface area (Å²) in [7, 11) is 0. The van der Waals surface area contributed by atoms with E-state index in [9.17, 15) is 0 Å². The maximum absolute atomic E-state index is 2.45. The molecule has 0 bridgehead atoms. The van der Waals surface area contributed by atoms with Gasteiger partial charge in [0, 0.05) is 0 Å². The predicted octanol–water partition coefficient (Wildman–Crippen LogP) is 4.84. The zero-order chi connectivity index (χ0) is 12.8. The predicted molar refractivity (Wildman–Crippen MR) is 75.7 cm³/mol. The Morgan fingerprint density at radius 2 is 1.76 bits per heavy atom. The first-order chi connectivity index (χ1) is 7.79. The van der Waals surface area contributed by atoms with Crippen LogP contribution in [0.5, 0.6) is 0 Å². The zero-order valence-electron chi connectivity index (χ0n) is 12.2. The van der Waals surface area contributed by atoms with Gasteiger partial charge in [0.05, 0.1) is 0 Å². The van der Waals surface area contributed by atoms with E-state index in [4.69, 9.17) is 0 Å². The minimum absolute atomic E-state index is 0.316. The van der Waals surface area contributed by atoms with E-state index in [1.807, 2.05) is 0 Å². The Kier molecular flexibility index (Phi) is 2.88. The Bertz CT molecular complexity index is 424. The fraction of sp³-hybridized carbons (Fsp3) is 0.647. The van der Waals surface area contributed by atoms with Crippen LogP contribution in [0.4, 0.5) is 0 Å². The Balaban J connectivity index is 2.64. The molecule has 0 amide bonds. The molecule has 0 N–H and O–H groups in total. The van der Waals surface area contributed by atoms with Crippen molar-refractivity contribution in [3.05, 3.63) is 34.9 Å². The number of hydrogen-bond donors (Lipinski definition) is 0. The molecular formula is C17H26. The first kappa shape index (κ1) is 12.7. The van der Waals surface area contributed by atoms with Crippen molar-refractivity contribution >= 4 is 0 Å². The molecule has 0 saturated heterocycles. The topological polar surface area (TPSA) is 0 Å². The smallest absolute Gasteiger partial charge is 0.00746 e. The first-order valence-electron chi connectivity index (χ1n) is 6.93. The Labute approximate surface area is 106 Å². The lowest BCUT2D eigenvalue weighted by molar-refractivity contribution is 0.233. The molecule has 0 heterocycles. The summed E-state index contributed by atoms with van der Waals surface area (Å²) >= 11 is 0. The number of rotatable bonds is 1. The lowest BCUT2D eigenvalue weighted by Gasteiger charge is -2.46. The Morgan fingerprint density at radius 3 is 2.35 bits per heavy atom. The molecule has 0 aromatic heterocycles. The van der Waals surface area contributed by atoms with Crippen molar-refractivity contribution in [1.82, 2.24) is 0 Å². The lowest BCUT2D eigenvalue weighted by atomic mass is 9.58. The molecule has 0 fully saturated rings. The highest BCUT2D eigenvalue weighted by molar-refractivity contribution is 5.44. The second-order valence-electron chi connectivity index (χ2n) is 6.94. The van der Waals surface area contributed by atoms with E-state index >= 15 is 0 Å². The summed E-state index contributed by atoms with van der Waals surface area (Å²) in [5.41, 5.74) is 5.27. The van der Waals surface area contributed by atoms with Crippen molar-refractivity contribution in [1.29, 1.82) is 0 Å². The van der Waals surface area contributed by atoms with Gasteiger partial charge in [0.25, 0.3) is 0 Å². The molecule has 17 heavy (non-hydrogen) atoms. The summed E-state index contributed by atoms with van der Waals surface area (Å²) in [5, 5.41) is 0. The van der Waals surface area contributed by atoms with Gasteiger partial charge in [-0.15, -0.1) is 0 Å². The van der Waals surface area contributed by atoms with Crippen LogP contribution in [0.1, 0.15) is 64.7 Å². The van der Waals surface area contributed by atoms with Gasteiger partial charge < -0.3 is 0 Å². The maximum atomic E-state index is 2.45. The van der Waals surface area contributed by atoms with Crippen LogP contribution in [-0.4, -0.2) is 0 Å². The van der Waals surface area contributed by atoms with Crippen LogP contribution in [0.2, 0.25) is 0 Å². The summed E-state index contributed by atoms with van der Waals surface area (Å²) in [4.78, 5) is 0. The van der Waals surface area contributed by atoms with Crippen LogP contribution < -0.4 is 0 Å². The van der Waals surface area contributed by atoms with E-state index in [0.29, 0.717) is 10.8 Å². The number of benzene rings is 1. The zero-order valence-corrected chi connectivity index (χ0v) is 12.2. The van der Waals surface area contributed by atoms with Crippen molar-refractivity contribution in [2.45, 2.75) is 65.2 Å². The van der Waals surface area contributed by atoms with Crippen molar-refractivity contribution in [3.8, 4) is 0 Å². The van der Waals surface area contributed by atoms with Crippen LogP contribution in [-0.2, 0) is 17.3 Å². The van der Waals surface area contributed by atoms with E-state index in [-0.39, 0.29) is 0 Å². The van der Waals surface area contributed by atoms with Gasteiger partial charge in [0.15, 0.2) is 0 Å². The highest BCUT2D eigenvalue weighted by atomic mass is 14.5. The summed E-state index contributed by atoms with van der Waals surface area (Å²) in [5.74, 6) is 0.747. The van der Waals surface area contributed by atoms with Crippen LogP contribution in [0, 0.1) is 5.92 Å². The first-order valence-corrected chi connectivity index (χ1v) is 6.93. The molecule has 1 aromatic rings. The van der Waals surface area contributed by atoms with Gasteiger partial charge in [-0.25, -0.2) is 0 Å². The third kappa shape index (κ3) is 1.92. The highest BCUT2D eigenvalue weighted by Crippen LogP contribution is 2.49. The molecule has 0 saturated carbocycles. The molecule has 0 nitrogen and oxygen atoms in total. The molecule has 0 aliphatic heterocycles. The minimum atomic E-state index is 0.316. The summed E-state index contributed by atoms with van der Waals surface area (Å²) < 4.78 is 0. The second kappa shape index (κ2) is 3.86. The normalized spacial score (nSPS) is 25.4. The average Bonchev–Trinajstić information content (AvgIpc) is 2.26. The van der Waals surface area contributed by atoms with Gasteiger partial charge in [-0.05, 0) is 46.3 Å². The summed E-state index contributed by atoms with van der Waals surface area (Å²) in [6.45, 7) is 14.2. The van der Waals surface area contributed by atoms with E-state index < -0.39 is 0 Å². The van der Waals surface area contributed by atoms with E-state index in [0.717, 1.165) is 12.3 Å². The maximum Gasteiger partial charge on any atom is -0.00746 e. The SMILES string of the molecule is CCc1ccc2c(c1)C(C)(C)C(C)CC2(C)C. The van der Waals surface area contributed by atoms with Gasteiger partial charge in [0.1, 0.15) is 0 Å². The van der Waals surface area contributed by atoms with Gasteiger partial charge in [-0.3, -0.25) is 0 Å². The number of hydrogen-bond acceptors (Lipinski definition) is 0. The summed E-state index contributed by atoms with van der Waals surface area (Å²) in [6, 6.07) is 7.14. The molecule has 0 heteroatoms. The van der Waals surface area contributed by atoms with E-state index in [1.54, 1.807) is 11.1 Å². The molecule has 1 aliphatic carbocycles. The van der Waals surface area contributed by atoms with Gasteiger partial charge in [0.2, 0.25) is 0 Å². The van der Waals surface area contributed by atoms with Crippen molar-refractivity contribution in [2.24, 2.45) is 5.92 Å². The molecular weight excluding hydrogens is 204 g/mol. The largest absolute Gasteiger partial charge is 0.0616 e. The Morgan fingerprint density at radius 1 is 1.12 bits per heavy atom. The summed E-state index contributed by atoms with van der Waals surface area (Å²) in [6.07, 6.45) is 2.43. The molecule has 1 atom stereocenters. The van der Waals surface area contributed by atoms with Crippen LogP contribution in [0.3, 0.4) is 0 Å². The molecule has 0 spiro atoms. The van der Waals surface area contributed by atoms with Crippen molar-refractivity contribution < 1.29 is 0 Å². The molecule has 94 valence electrons.